The highest BCUT2D eigenvalue weighted by molar-refractivity contribution is 5.42. The first-order valence-electron chi connectivity index (χ1n) is 9.12. The Balaban J connectivity index is 1.27. The molecule has 2 aromatic rings. The summed E-state index contributed by atoms with van der Waals surface area (Å²) in [7, 11) is 0. The summed E-state index contributed by atoms with van der Waals surface area (Å²) in [4.78, 5) is 7.08. The minimum Gasteiger partial charge on any atom is -0.489 e. The van der Waals surface area contributed by atoms with Crippen LogP contribution in [-0.4, -0.2) is 35.6 Å². The maximum Gasteiger partial charge on any atom is 0.137 e. The fourth-order valence-corrected chi connectivity index (χ4v) is 4.04. The number of benzene rings is 1. The van der Waals surface area contributed by atoms with Gasteiger partial charge in [-0.05, 0) is 55.4 Å². The van der Waals surface area contributed by atoms with E-state index in [-0.39, 0.29) is 6.10 Å². The number of pyridine rings is 1. The summed E-state index contributed by atoms with van der Waals surface area (Å²) in [5, 5.41) is 9.18. The lowest BCUT2D eigenvalue weighted by atomic mass is 10.0. The van der Waals surface area contributed by atoms with Crippen LogP contribution in [0.5, 0.6) is 5.75 Å². The largest absolute Gasteiger partial charge is 0.489 e. The van der Waals surface area contributed by atoms with Crippen molar-refractivity contribution in [3.63, 3.8) is 0 Å². The van der Waals surface area contributed by atoms with Crippen molar-refractivity contribution in [1.29, 1.82) is 5.26 Å². The number of nitrogens with zero attached hydrogens (tertiary/aromatic N) is 3. The summed E-state index contributed by atoms with van der Waals surface area (Å²) in [6.07, 6.45) is 6.45. The van der Waals surface area contributed by atoms with Gasteiger partial charge in [0, 0.05) is 31.5 Å². The molecule has 2 aliphatic rings. The van der Waals surface area contributed by atoms with Gasteiger partial charge in [0.2, 0.25) is 0 Å². The van der Waals surface area contributed by atoms with E-state index in [0.29, 0.717) is 11.5 Å². The van der Waals surface area contributed by atoms with Crippen LogP contribution < -0.4 is 4.74 Å². The van der Waals surface area contributed by atoms with Crippen LogP contribution in [0.4, 0.5) is 0 Å². The fraction of sp³-hybridized carbons (Fsp3) is 0.429. The van der Waals surface area contributed by atoms with E-state index in [1.165, 1.54) is 11.3 Å². The van der Waals surface area contributed by atoms with Crippen LogP contribution >= 0.6 is 0 Å². The maximum atomic E-state index is 9.18. The van der Waals surface area contributed by atoms with Crippen molar-refractivity contribution < 1.29 is 4.74 Å². The molecule has 0 saturated carbocycles. The first kappa shape index (κ1) is 16.1. The number of hydrogen-bond acceptors (Lipinski definition) is 4. The molecule has 0 amide bonds. The monoisotopic (exact) mass is 333 g/mol. The molecular formula is C21H23N3O. The molecule has 0 bridgehead atoms. The minimum absolute atomic E-state index is 0.216. The number of piperidine rings is 1. The third kappa shape index (κ3) is 3.67. The molecule has 1 fully saturated rings. The van der Waals surface area contributed by atoms with E-state index in [1.54, 1.807) is 0 Å². The Morgan fingerprint density at radius 3 is 2.76 bits per heavy atom. The van der Waals surface area contributed by atoms with Crippen molar-refractivity contribution in [1.82, 2.24) is 9.88 Å². The van der Waals surface area contributed by atoms with Crippen LogP contribution in [-0.2, 0) is 12.8 Å². The van der Waals surface area contributed by atoms with E-state index in [0.717, 1.165) is 51.1 Å². The zero-order chi connectivity index (χ0) is 17.1. The highest BCUT2D eigenvalue weighted by Gasteiger charge is 2.27. The smallest absolute Gasteiger partial charge is 0.137 e. The molecule has 1 saturated heterocycles. The second-order valence-corrected chi connectivity index (χ2v) is 7.11. The number of rotatable bonds is 4. The molecule has 1 aliphatic heterocycles. The Bertz CT molecular complexity index is 750. The van der Waals surface area contributed by atoms with Crippen molar-refractivity contribution in [3.05, 3.63) is 59.4 Å². The summed E-state index contributed by atoms with van der Waals surface area (Å²) in [5.41, 5.74) is 3.35. The molecule has 1 aromatic heterocycles. The van der Waals surface area contributed by atoms with Gasteiger partial charge in [0.25, 0.3) is 0 Å². The molecule has 4 rings (SSSR count). The van der Waals surface area contributed by atoms with E-state index in [2.05, 4.69) is 22.0 Å². The molecule has 0 N–H and O–H groups in total. The normalized spacial score (nSPS) is 20.8. The lowest BCUT2D eigenvalue weighted by molar-refractivity contribution is 0.0917. The van der Waals surface area contributed by atoms with E-state index < -0.39 is 0 Å². The van der Waals surface area contributed by atoms with Crippen molar-refractivity contribution in [2.24, 2.45) is 5.92 Å². The van der Waals surface area contributed by atoms with Gasteiger partial charge < -0.3 is 9.64 Å². The van der Waals surface area contributed by atoms with Crippen LogP contribution in [0.15, 0.2) is 42.6 Å². The quantitative estimate of drug-likeness (QED) is 0.862. The van der Waals surface area contributed by atoms with Gasteiger partial charge in [-0.1, -0.05) is 18.2 Å². The molecule has 0 radical (unpaired) electrons. The van der Waals surface area contributed by atoms with Gasteiger partial charge in [0.15, 0.2) is 0 Å². The second kappa shape index (κ2) is 7.25. The zero-order valence-electron chi connectivity index (χ0n) is 14.4. The molecular weight excluding hydrogens is 310 g/mol. The van der Waals surface area contributed by atoms with Crippen molar-refractivity contribution >= 4 is 0 Å². The first-order valence-corrected chi connectivity index (χ1v) is 9.12. The first-order chi connectivity index (χ1) is 12.3. The highest BCUT2D eigenvalue weighted by atomic mass is 16.5. The average Bonchev–Trinajstić information content (AvgIpc) is 3.06. The van der Waals surface area contributed by atoms with Crippen LogP contribution in [0.1, 0.15) is 29.7 Å². The Hall–Kier alpha value is -2.38. The average molecular weight is 333 g/mol. The summed E-state index contributed by atoms with van der Waals surface area (Å²) >= 11 is 0. The number of nitriles is 1. The Labute approximate surface area is 149 Å². The van der Waals surface area contributed by atoms with Gasteiger partial charge in [-0.3, -0.25) is 4.98 Å². The Kier molecular flexibility index (Phi) is 4.67. The highest BCUT2D eigenvalue weighted by Crippen LogP contribution is 2.27. The van der Waals surface area contributed by atoms with Gasteiger partial charge in [0.1, 0.15) is 17.9 Å². The van der Waals surface area contributed by atoms with Gasteiger partial charge in [0.05, 0.1) is 5.56 Å². The van der Waals surface area contributed by atoms with Crippen LogP contribution in [0.2, 0.25) is 0 Å². The predicted molar refractivity (Wildman–Crippen MR) is 96.4 cm³/mol. The number of ether oxygens (including phenoxy) is 1. The number of hydrogen-bond donors (Lipinski definition) is 0. The summed E-state index contributed by atoms with van der Waals surface area (Å²) in [5.74, 6) is 1.42. The summed E-state index contributed by atoms with van der Waals surface area (Å²) < 4.78 is 6.09. The lowest BCUT2D eigenvalue weighted by Gasteiger charge is -2.33. The maximum absolute atomic E-state index is 9.18. The number of para-hydroxylation sites is 1. The molecule has 0 spiro atoms. The van der Waals surface area contributed by atoms with E-state index in [9.17, 15) is 5.26 Å². The van der Waals surface area contributed by atoms with Crippen molar-refractivity contribution in [3.8, 4) is 11.8 Å². The van der Waals surface area contributed by atoms with Crippen LogP contribution in [0, 0.1) is 17.2 Å². The van der Waals surface area contributed by atoms with Crippen molar-refractivity contribution in [2.75, 3.05) is 19.6 Å². The van der Waals surface area contributed by atoms with Gasteiger partial charge in [-0.15, -0.1) is 0 Å². The lowest BCUT2D eigenvalue weighted by Crippen LogP contribution is -2.40. The van der Waals surface area contributed by atoms with E-state index >= 15 is 0 Å². The predicted octanol–water partition coefficient (Wildman–Crippen LogP) is 3.21. The zero-order valence-corrected chi connectivity index (χ0v) is 14.4. The molecule has 1 unspecified atom stereocenters. The minimum atomic E-state index is 0.216. The molecule has 1 aromatic carbocycles. The standard InChI is InChI=1S/C21H23N3O/c22-14-18-4-1-2-6-21(18)25-19-7-10-24(11-8-19)15-16-12-17-5-3-9-23-20(17)13-16/h1-6,9,16,19H,7-8,10-13,15H2. The molecule has 1 aliphatic carbocycles. The molecule has 1 atom stereocenters. The van der Waals surface area contributed by atoms with Gasteiger partial charge in [-0.2, -0.15) is 5.26 Å². The van der Waals surface area contributed by atoms with E-state index in [4.69, 9.17) is 4.74 Å². The Morgan fingerprint density at radius 1 is 1.12 bits per heavy atom. The number of aromatic nitrogens is 1. The summed E-state index contributed by atoms with van der Waals surface area (Å²) in [6, 6.07) is 14.0. The summed E-state index contributed by atoms with van der Waals surface area (Å²) in [6.45, 7) is 3.29. The third-order valence-electron chi connectivity index (χ3n) is 5.33. The SMILES string of the molecule is N#Cc1ccccc1OC1CCN(CC2Cc3cccnc3C2)CC1. The van der Waals surface area contributed by atoms with Crippen molar-refractivity contribution in [2.45, 2.75) is 31.8 Å². The van der Waals surface area contributed by atoms with E-state index in [1.807, 2.05) is 36.5 Å². The van der Waals surface area contributed by atoms with Crippen LogP contribution in [0.25, 0.3) is 0 Å². The second-order valence-electron chi connectivity index (χ2n) is 7.11. The van der Waals surface area contributed by atoms with Gasteiger partial charge in [-0.25, -0.2) is 0 Å². The van der Waals surface area contributed by atoms with Crippen LogP contribution in [0.3, 0.4) is 0 Å². The molecule has 2 heterocycles. The molecule has 4 nitrogen and oxygen atoms in total. The topological polar surface area (TPSA) is 49.1 Å². The number of fused-ring (bicyclic) bond motifs is 1. The molecule has 4 heteroatoms. The van der Waals surface area contributed by atoms with Gasteiger partial charge >= 0.3 is 0 Å². The fourth-order valence-electron chi connectivity index (χ4n) is 4.04. The molecule has 128 valence electrons. The third-order valence-corrected chi connectivity index (χ3v) is 5.33. The Morgan fingerprint density at radius 2 is 1.96 bits per heavy atom. The number of likely N-dealkylation sites (tertiary alicyclic amines) is 1. The molecule has 25 heavy (non-hydrogen) atoms.